The van der Waals surface area contributed by atoms with Crippen LogP contribution in [0, 0.1) is 3.57 Å². The quantitative estimate of drug-likeness (QED) is 0.458. The Balaban J connectivity index is 1.96. The highest BCUT2D eigenvalue weighted by atomic mass is 127. The molecule has 1 amide bonds. The van der Waals surface area contributed by atoms with Gasteiger partial charge in [-0.15, -0.1) is 0 Å². The molecule has 1 N–H and O–H groups in total. The van der Waals surface area contributed by atoms with Crippen molar-refractivity contribution < 1.29 is 14.3 Å². The number of aromatic nitrogens is 1. The molecule has 0 radical (unpaired) electrons. The molecule has 0 fully saturated rings. The largest absolute Gasteiger partial charge is 0.449 e. The summed E-state index contributed by atoms with van der Waals surface area (Å²) in [5.74, 6) is -1.04. The molecule has 0 saturated heterocycles. The van der Waals surface area contributed by atoms with E-state index >= 15 is 0 Å². The number of carbonyl (C=O) groups is 2. The van der Waals surface area contributed by atoms with Crippen molar-refractivity contribution in [2.45, 2.75) is 13.0 Å². The number of carbonyl (C=O) groups excluding carboxylic acids is 2. The second-order valence-corrected chi connectivity index (χ2v) is 6.04. The van der Waals surface area contributed by atoms with Crippen LogP contribution in [0.4, 0.5) is 5.69 Å². The van der Waals surface area contributed by atoms with E-state index in [4.69, 9.17) is 16.3 Å². The summed E-state index contributed by atoms with van der Waals surface area (Å²) in [7, 11) is 0. The van der Waals surface area contributed by atoms with Crippen LogP contribution in [0.25, 0.3) is 0 Å². The van der Waals surface area contributed by atoms with E-state index in [1.807, 2.05) is 12.1 Å². The average Bonchev–Trinajstić information content (AvgIpc) is 2.49. The highest BCUT2D eigenvalue weighted by molar-refractivity contribution is 14.1. The number of esters is 1. The lowest BCUT2D eigenvalue weighted by Gasteiger charge is -2.13. The highest BCUT2D eigenvalue weighted by Crippen LogP contribution is 2.13. The Morgan fingerprint density at radius 3 is 2.59 bits per heavy atom. The normalized spacial score (nSPS) is 11.6. The average molecular weight is 431 g/mol. The van der Waals surface area contributed by atoms with Crippen molar-refractivity contribution in [3.05, 3.63) is 56.9 Å². The number of hydrogen-bond donors (Lipinski definition) is 1. The summed E-state index contributed by atoms with van der Waals surface area (Å²) in [5.41, 5.74) is 0.884. The summed E-state index contributed by atoms with van der Waals surface area (Å²) in [4.78, 5) is 27.7. The maximum Gasteiger partial charge on any atom is 0.339 e. The van der Waals surface area contributed by atoms with Gasteiger partial charge in [-0.25, -0.2) is 9.78 Å². The second kappa shape index (κ2) is 7.55. The van der Waals surface area contributed by atoms with Gasteiger partial charge in [0.15, 0.2) is 6.10 Å². The molecule has 1 aromatic heterocycles. The molecule has 2 rings (SSSR count). The van der Waals surface area contributed by atoms with Crippen LogP contribution in [-0.4, -0.2) is 23.0 Å². The fourth-order valence-corrected chi connectivity index (χ4v) is 2.12. The van der Waals surface area contributed by atoms with E-state index in [-0.39, 0.29) is 10.7 Å². The van der Waals surface area contributed by atoms with Crippen LogP contribution >= 0.6 is 34.2 Å². The fourth-order valence-electron chi connectivity index (χ4n) is 1.59. The van der Waals surface area contributed by atoms with Gasteiger partial charge < -0.3 is 10.1 Å². The molecule has 1 aromatic carbocycles. The molecular weight excluding hydrogens is 419 g/mol. The molecule has 0 aliphatic heterocycles. The summed E-state index contributed by atoms with van der Waals surface area (Å²) in [6.07, 6.45) is 0.466. The van der Waals surface area contributed by atoms with Crippen LogP contribution in [0.15, 0.2) is 42.6 Å². The van der Waals surface area contributed by atoms with Crippen molar-refractivity contribution in [1.82, 2.24) is 4.98 Å². The lowest BCUT2D eigenvalue weighted by molar-refractivity contribution is -0.123. The van der Waals surface area contributed by atoms with Crippen molar-refractivity contribution in [2.75, 3.05) is 5.32 Å². The molecule has 0 aliphatic rings. The van der Waals surface area contributed by atoms with E-state index in [1.165, 1.54) is 25.3 Å². The van der Waals surface area contributed by atoms with Crippen molar-refractivity contribution in [2.24, 2.45) is 0 Å². The molecule has 0 aliphatic carbocycles. The zero-order valence-electron chi connectivity index (χ0n) is 11.5. The third-order valence-corrected chi connectivity index (χ3v) is 3.65. The molecule has 0 saturated carbocycles. The Morgan fingerprint density at radius 2 is 1.95 bits per heavy atom. The van der Waals surface area contributed by atoms with Gasteiger partial charge in [0.05, 0.1) is 5.56 Å². The third-order valence-electron chi connectivity index (χ3n) is 2.73. The van der Waals surface area contributed by atoms with Gasteiger partial charge >= 0.3 is 5.97 Å². The molecule has 114 valence electrons. The Kier molecular flexibility index (Phi) is 5.73. The van der Waals surface area contributed by atoms with Gasteiger partial charge in [0.25, 0.3) is 5.91 Å². The van der Waals surface area contributed by atoms with Gasteiger partial charge in [0.1, 0.15) is 5.15 Å². The van der Waals surface area contributed by atoms with Gasteiger partial charge in [0.2, 0.25) is 0 Å². The van der Waals surface area contributed by atoms with Crippen molar-refractivity contribution >= 4 is 51.8 Å². The first kappa shape index (κ1) is 16.7. The fraction of sp³-hybridized carbons (Fsp3) is 0.133. The van der Waals surface area contributed by atoms with Gasteiger partial charge in [-0.2, -0.15) is 0 Å². The number of pyridine rings is 1. The number of nitrogens with one attached hydrogen (secondary N) is 1. The Morgan fingerprint density at radius 1 is 1.27 bits per heavy atom. The molecule has 1 atom stereocenters. The Hall–Kier alpha value is -1.67. The van der Waals surface area contributed by atoms with Gasteiger partial charge in [-0.05, 0) is 65.9 Å². The van der Waals surface area contributed by atoms with E-state index in [0.29, 0.717) is 5.69 Å². The third kappa shape index (κ3) is 4.67. The predicted molar refractivity (Wildman–Crippen MR) is 91.9 cm³/mol. The van der Waals surface area contributed by atoms with Crippen molar-refractivity contribution in [3.63, 3.8) is 0 Å². The van der Waals surface area contributed by atoms with Crippen molar-refractivity contribution in [1.29, 1.82) is 0 Å². The molecule has 0 bridgehead atoms. The lowest BCUT2D eigenvalue weighted by atomic mass is 10.2. The monoisotopic (exact) mass is 430 g/mol. The highest BCUT2D eigenvalue weighted by Gasteiger charge is 2.19. The number of rotatable bonds is 4. The van der Waals surface area contributed by atoms with Crippen LogP contribution in [0.3, 0.4) is 0 Å². The summed E-state index contributed by atoms with van der Waals surface area (Å²) in [6.45, 7) is 1.50. The van der Waals surface area contributed by atoms with E-state index < -0.39 is 18.0 Å². The first-order valence-corrected chi connectivity index (χ1v) is 7.80. The van der Waals surface area contributed by atoms with Crippen LogP contribution in [0.5, 0.6) is 0 Å². The zero-order chi connectivity index (χ0) is 16.1. The molecule has 1 unspecified atom stereocenters. The molecule has 5 nitrogen and oxygen atoms in total. The molecular formula is C15H12ClIN2O3. The summed E-state index contributed by atoms with van der Waals surface area (Å²) >= 11 is 7.88. The number of anilines is 1. The number of amides is 1. The molecule has 7 heteroatoms. The molecule has 0 spiro atoms. The number of ether oxygens (including phenoxy) is 1. The minimum Gasteiger partial charge on any atom is -0.449 e. The van der Waals surface area contributed by atoms with Gasteiger partial charge in [0, 0.05) is 15.5 Å². The second-order valence-electron chi connectivity index (χ2n) is 4.41. The van der Waals surface area contributed by atoms with Crippen LogP contribution in [0.2, 0.25) is 5.15 Å². The van der Waals surface area contributed by atoms with Crippen LogP contribution in [-0.2, 0) is 9.53 Å². The van der Waals surface area contributed by atoms with E-state index in [2.05, 4.69) is 32.9 Å². The van der Waals surface area contributed by atoms with Crippen LogP contribution in [0.1, 0.15) is 17.3 Å². The first-order chi connectivity index (χ1) is 10.5. The maximum absolute atomic E-state index is 12.0. The van der Waals surface area contributed by atoms with Crippen LogP contribution < -0.4 is 5.32 Å². The SMILES string of the molecule is CC(OC(=O)c1ccnc(Cl)c1)C(=O)Nc1ccc(I)cc1. The smallest absolute Gasteiger partial charge is 0.339 e. The lowest BCUT2D eigenvalue weighted by Crippen LogP contribution is -2.30. The molecule has 1 heterocycles. The molecule has 2 aromatic rings. The predicted octanol–water partition coefficient (Wildman–Crippen LogP) is 3.52. The number of nitrogens with zero attached hydrogens (tertiary/aromatic N) is 1. The number of halogens is 2. The standard InChI is InChI=1S/C15H12ClIN2O3/c1-9(14(20)19-12-4-2-11(17)3-5-12)22-15(21)10-6-7-18-13(16)8-10/h2-9H,1H3,(H,19,20). The number of benzene rings is 1. The van der Waals surface area contributed by atoms with E-state index in [0.717, 1.165) is 3.57 Å². The van der Waals surface area contributed by atoms with E-state index in [1.54, 1.807) is 12.1 Å². The Labute approximate surface area is 146 Å². The molecule has 22 heavy (non-hydrogen) atoms. The summed E-state index contributed by atoms with van der Waals surface area (Å²) < 4.78 is 6.17. The van der Waals surface area contributed by atoms with E-state index in [9.17, 15) is 9.59 Å². The first-order valence-electron chi connectivity index (χ1n) is 6.34. The van der Waals surface area contributed by atoms with Gasteiger partial charge in [-0.3, -0.25) is 4.79 Å². The zero-order valence-corrected chi connectivity index (χ0v) is 14.5. The van der Waals surface area contributed by atoms with Gasteiger partial charge in [-0.1, -0.05) is 11.6 Å². The number of hydrogen-bond acceptors (Lipinski definition) is 4. The minimum absolute atomic E-state index is 0.186. The summed E-state index contributed by atoms with van der Waals surface area (Å²) in [6, 6.07) is 10.1. The Bertz CT molecular complexity index is 691. The minimum atomic E-state index is -0.932. The van der Waals surface area contributed by atoms with Crippen molar-refractivity contribution in [3.8, 4) is 0 Å². The maximum atomic E-state index is 12.0. The summed E-state index contributed by atoms with van der Waals surface area (Å²) in [5, 5.41) is 2.86. The topological polar surface area (TPSA) is 68.3 Å².